The van der Waals surface area contributed by atoms with Gasteiger partial charge in [-0.05, 0) is 64.7 Å². The van der Waals surface area contributed by atoms with Crippen molar-refractivity contribution >= 4 is 21.5 Å². The zero-order chi connectivity index (χ0) is 28.8. The van der Waals surface area contributed by atoms with Crippen LogP contribution in [0, 0.1) is 47.9 Å². The van der Waals surface area contributed by atoms with E-state index in [1.165, 1.54) is 48.4 Å². The molecule has 0 unspecified atom stereocenters. The third-order valence-electron chi connectivity index (χ3n) is 6.23. The Bertz CT molecular complexity index is 1860. The lowest BCUT2D eigenvalue weighted by atomic mass is 9.99. The minimum absolute atomic E-state index is 0.0102. The molecular formula is C31H16F8O. The van der Waals surface area contributed by atoms with Gasteiger partial charge >= 0.3 is 6.18 Å². The summed E-state index contributed by atoms with van der Waals surface area (Å²) >= 11 is 0. The molecule has 40 heavy (non-hydrogen) atoms. The van der Waals surface area contributed by atoms with Gasteiger partial charge in [0.25, 0.3) is 0 Å². The van der Waals surface area contributed by atoms with E-state index >= 15 is 4.39 Å². The van der Waals surface area contributed by atoms with Crippen LogP contribution in [0.4, 0.5) is 35.1 Å². The molecule has 202 valence electrons. The Labute approximate surface area is 222 Å². The van der Waals surface area contributed by atoms with Crippen LogP contribution in [0.5, 0.6) is 5.75 Å². The van der Waals surface area contributed by atoms with Crippen molar-refractivity contribution in [3.05, 3.63) is 113 Å². The highest BCUT2D eigenvalue weighted by atomic mass is 19.4. The molecule has 5 aromatic carbocycles. The number of halogens is 8. The Hall–Kier alpha value is -4.58. The molecule has 0 saturated heterocycles. The molecule has 0 radical (unpaired) electrons. The zero-order valence-electron chi connectivity index (χ0n) is 20.5. The van der Waals surface area contributed by atoms with Gasteiger partial charge < -0.3 is 4.74 Å². The highest BCUT2D eigenvalue weighted by molar-refractivity contribution is 5.89. The Morgan fingerprint density at radius 3 is 2.10 bits per heavy atom. The second kappa shape index (κ2) is 10.2. The summed E-state index contributed by atoms with van der Waals surface area (Å²) in [5, 5.41) is 0.00761. The SMILES string of the molecule is Cc1ccc(-c2ccc3c(F)c(OCc4ccc5c(F)c(C#CC(F)(F)F)c(F)cc5c4)c(F)cc3c2)c(F)c1. The maximum absolute atomic E-state index is 15.2. The molecule has 0 N–H and O–H groups in total. The fourth-order valence-electron chi connectivity index (χ4n) is 4.34. The van der Waals surface area contributed by atoms with Crippen LogP contribution in [0.25, 0.3) is 32.7 Å². The molecule has 1 nitrogen and oxygen atoms in total. The van der Waals surface area contributed by atoms with Gasteiger partial charge in [-0.25, -0.2) is 22.0 Å². The van der Waals surface area contributed by atoms with Crippen LogP contribution in [0.3, 0.4) is 0 Å². The normalized spacial score (nSPS) is 11.5. The molecule has 0 fully saturated rings. The van der Waals surface area contributed by atoms with Crippen LogP contribution >= 0.6 is 0 Å². The number of aryl methyl sites for hydroxylation is 1. The van der Waals surface area contributed by atoms with E-state index < -0.39 is 46.6 Å². The van der Waals surface area contributed by atoms with Crippen LogP contribution in [-0.4, -0.2) is 6.18 Å². The molecule has 0 bridgehead atoms. The van der Waals surface area contributed by atoms with Crippen LogP contribution in [0.2, 0.25) is 0 Å². The Balaban J connectivity index is 1.43. The lowest BCUT2D eigenvalue weighted by molar-refractivity contribution is -0.0696. The molecule has 5 aromatic rings. The Morgan fingerprint density at radius 2 is 1.38 bits per heavy atom. The molecule has 5 rings (SSSR count). The summed E-state index contributed by atoms with van der Waals surface area (Å²) in [4.78, 5) is 0. The molecular weight excluding hydrogens is 540 g/mol. The first-order valence-corrected chi connectivity index (χ1v) is 11.7. The Kier molecular flexibility index (Phi) is 6.88. The number of ether oxygens (including phenoxy) is 1. The molecule has 0 aliphatic heterocycles. The van der Waals surface area contributed by atoms with Gasteiger partial charge in [-0.15, -0.1) is 0 Å². The molecule has 0 saturated carbocycles. The van der Waals surface area contributed by atoms with E-state index in [1.807, 2.05) is 0 Å². The largest absolute Gasteiger partial charge is 0.483 e. The standard InChI is InChI=1S/C31H16F8O/c1-16-2-5-21(25(32)10-16)18-4-7-23-20(12-18)14-27(34)30(29(23)36)40-15-17-3-6-22-19(11-17)13-26(33)24(28(22)35)8-9-31(37,38)39/h2-7,10-14H,15H2,1H3. The summed E-state index contributed by atoms with van der Waals surface area (Å²) in [5.74, 6) is -3.42. The smallest absolute Gasteiger partial charge is 0.458 e. The van der Waals surface area contributed by atoms with Crippen molar-refractivity contribution in [3.63, 3.8) is 0 Å². The van der Waals surface area contributed by atoms with Gasteiger partial charge in [-0.1, -0.05) is 42.3 Å². The van der Waals surface area contributed by atoms with Crippen LogP contribution in [0.15, 0.2) is 66.7 Å². The summed E-state index contributed by atoms with van der Waals surface area (Å²) in [6.45, 7) is 1.35. The predicted octanol–water partition coefficient (Wildman–Crippen LogP) is 9.16. The van der Waals surface area contributed by atoms with Crippen molar-refractivity contribution in [1.29, 1.82) is 0 Å². The lowest BCUT2D eigenvalue weighted by Crippen LogP contribution is -2.03. The second-order valence-electron chi connectivity index (χ2n) is 9.06. The van der Waals surface area contributed by atoms with E-state index in [-0.39, 0.29) is 39.3 Å². The number of hydrogen-bond acceptors (Lipinski definition) is 1. The van der Waals surface area contributed by atoms with Gasteiger partial charge in [0, 0.05) is 22.3 Å². The Morgan fingerprint density at radius 1 is 0.700 bits per heavy atom. The van der Waals surface area contributed by atoms with Crippen molar-refractivity contribution < 1.29 is 39.9 Å². The van der Waals surface area contributed by atoms with E-state index in [0.29, 0.717) is 5.56 Å². The fourth-order valence-corrected chi connectivity index (χ4v) is 4.34. The molecule has 0 aliphatic rings. The van der Waals surface area contributed by atoms with E-state index in [2.05, 4.69) is 0 Å². The first-order valence-electron chi connectivity index (χ1n) is 11.7. The summed E-state index contributed by atoms with van der Waals surface area (Å²) in [6, 6.07) is 14.6. The lowest BCUT2D eigenvalue weighted by Gasteiger charge is -2.13. The van der Waals surface area contributed by atoms with E-state index in [9.17, 15) is 30.7 Å². The summed E-state index contributed by atoms with van der Waals surface area (Å²) in [7, 11) is 0. The minimum atomic E-state index is -4.93. The van der Waals surface area contributed by atoms with Gasteiger partial charge in [0.2, 0.25) is 0 Å². The van der Waals surface area contributed by atoms with E-state index in [4.69, 9.17) is 4.74 Å². The van der Waals surface area contributed by atoms with Crippen LogP contribution in [-0.2, 0) is 6.61 Å². The highest BCUT2D eigenvalue weighted by Gasteiger charge is 2.24. The van der Waals surface area contributed by atoms with Crippen molar-refractivity contribution in [1.82, 2.24) is 0 Å². The number of hydrogen-bond donors (Lipinski definition) is 0. The molecule has 0 atom stereocenters. The number of fused-ring (bicyclic) bond motifs is 2. The van der Waals surface area contributed by atoms with Gasteiger partial charge in [0.05, 0.1) is 5.56 Å². The fraction of sp³-hybridized carbons (Fsp3) is 0.0968. The second-order valence-corrected chi connectivity index (χ2v) is 9.06. The molecule has 9 heteroatoms. The molecule has 0 spiro atoms. The molecule has 0 heterocycles. The number of alkyl halides is 3. The predicted molar refractivity (Wildman–Crippen MR) is 135 cm³/mol. The average molecular weight is 556 g/mol. The average Bonchev–Trinajstić information content (AvgIpc) is 2.87. The minimum Gasteiger partial charge on any atom is -0.483 e. The van der Waals surface area contributed by atoms with Gasteiger partial charge in [-0.2, -0.15) is 13.2 Å². The summed E-state index contributed by atoms with van der Waals surface area (Å²) in [6.07, 6.45) is -4.93. The van der Waals surface area contributed by atoms with Crippen molar-refractivity contribution in [3.8, 4) is 28.7 Å². The van der Waals surface area contributed by atoms with Crippen LogP contribution in [0.1, 0.15) is 16.7 Å². The van der Waals surface area contributed by atoms with Crippen LogP contribution < -0.4 is 4.74 Å². The maximum Gasteiger partial charge on any atom is 0.458 e. The quantitative estimate of drug-likeness (QED) is 0.158. The number of rotatable bonds is 4. The van der Waals surface area contributed by atoms with E-state index in [0.717, 1.165) is 23.6 Å². The topological polar surface area (TPSA) is 9.23 Å². The number of benzene rings is 5. The monoisotopic (exact) mass is 556 g/mol. The first kappa shape index (κ1) is 27.0. The van der Waals surface area contributed by atoms with Gasteiger partial charge in [-0.3, -0.25) is 0 Å². The van der Waals surface area contributed by atoms with E-state index in [1.54, 1.807) is 19.1 Å². The molecule has 0 aromatic heterocycles. The molecule has 0 amide bonds. The summed E-state index contributed by atoms with van der Waals surface area (Å²) < 4.78 is 116. The van der Waals surface area contributed by atoms with Gasteiger partial charge in [0.1, 0.15) is 24.1 Å². The van der Waals surface area contributed by atoms with Gasteiger partial charge in [0.15, 0.2) is 17.4 Å². The zero-order valence-corrected chi connectivity index (χ0v) is 20.5. The first-order chi connectivity index (χ1) is 18.9. The third-order valence-corrected chi connectivity index (χ3v) is 6.23. The maximum atomic E-state index is 15.2. The van der Waals surface area contributed by atoms with Crippen molar-refractivity contribution in [2.45, 2.75) is 19.7 Å². The summed E-state index contributed by atoms with van der Waals surface area (Å²) in [5.41, 5.74) is 0.687. The highest BCUT2D eigenvalue weighted by Crippen LogP contribution is 2.34. The third kappa shape index (κ3) is 5.30. The molecule has 0 aliphatic carbocycles. The van der Waals surface area contributed by atoms with Crippen molar-refractivity contribution in [2.24, 2.45) is 0 Å². The van der Waals surface area contributed by atoms with Crippen molar-refractivity contribution in [2.75, 3.05) is 0 Å².